The number of aliphatic imine (C=N–C) groups is 1. The molecule has 2 N–H and O–H groups in total. The van der Waals surface area contributed by atoms with E-state index in [1.54, 1.807) is 0 Å². The molecule has 2 rings (SSSR count). The minimum absolute atomic E-state index is 0. The third-order valence-electron chi connectivity index (χ3n) is 4.73. The average Bonchev–Trinajstić information content (AvgIpc) is 3.06. The monoisotopic (exact) mass is 434 g/mol. The van der Waals surface area contributed by atoms with Crippen LogP contribution in [0.25, 0.3) is 0 Å². The second kappa shape index (κ2) is 9.46. The summed E-state index contributed by atoms with van der Waals surface area (Å²) in [6.07, 6.45) is 2.58. The maximum absolute atomic E-state index is 4.45. The zero-order valence-corrected chi connectivity index (χ0v) is 17.3. The first-order valence-corrected chi connectivity index (χ1v) is 8.24. The number of hydrogen-bond donors (Lipinski definition) is 2. The molecule has 0 aromatic carbocycles. The summed E-state index contributed by atoms with van der Waals surface area (Å²) >= 11 is 0. The Hall–Kier alpha value is -0.830. The molecule has 0 spiro atoms. The Morgan fingerprint density at radius 2 is 2.09 bits per heavy atom. The molecule has 0 bridgehead atoms. The first-order chi connectivity index (χ1) is 10.6. The molecule has 1 aliphatic rings. The standard InChI is InChI=1S/C16H30N6.HI/c1-6-22-9-7-8-14(22)10-18-16(17-4)19-11-15-12(2)20-21(5)13(15)3;/h14H,6-11H2,1-5H3,(H2,17,18,19);1H. The molecule has 6 nitrogen and oxygen atoms in total. The molecule has 132 valence electrons. The Balaban J connectivity index is 0.00000264. The zero-order valence-electron chi connectivity index (χ0n) is 15.0. The van der Waals surface area contributed by atoms with E-state index in [0.717, 1.165) is 31.3 Å². The molecule has 0 saturated carbocycles. The fourth-order valence-corrected chi connectivity index (χ4v) is 3.22. The fourth-order valence-electron chi connectivity index (χ4n) is 3.22. The van der Waals surface area contributed by atoms with Crippen molar-refractivity contribution in [1.82, 2.24) is 25.3 Å². The molecular weight excluding hydrogens is 403 g/mol. The van der Waals surface area contributed by atoms with Crippen LogP contribution in [0.3, 0.4) is 0 Å². The molecule has 0 amide bonds. The maximum Gasteiger partial charge on any atom is 0.191 e. The highest BCUT2D eigenvalue weighted by atomic mass is 127. The molecule has 1 aliphatic heterocycles. The van der Waals surface area contributed by atoms with Gasteiger partial charge in [0.05, 0.1) is 5.69 Å². The second-order valence-corrected chi connectivity index (χ2v) is 6.00. The summed E-state index contributed by atoms with van der Waals surface area (Å²) in [6, 6.07) is 0.630. The Bertz CT molecular complexity index is 525. The van der Waals surface area contributed by atoms with Gasteiger partial charge in [0.25, 0.3) is 0 Å². The second-order valence-electron chi connectivity index (χ2n) is 6.00. The lowest BCUT2D eigenvalue weighted by molar-refractivity contribution is 0.267. The van der Waals surface area contributed by atoms with E-state index in [0.29, 0.717) is 6.04 Å². The number of nitrogens with one attached hydrogen (secondary N) is 2. The Labute approximate surface area is 157 Å². The van der Waals surface area contributed by atoms with Gasteiger partial charge in [-0.25, -0.2) is 0 Å². The predicted octanol–water partition coefficient (Wildman–Crippen LogP) is 1.80. The third-order valence-corrected chi connectivity index (χ3v) is 4.73. The van der Waals surface area contributed by atoms with Gasteiger partial charge in [0, 0.05) is 44.5 Å². The van der Waals surface area contributed by atoms with E-state index < -0.39 is 0 Å². The van der Waals surface area contributed by atoms with Crippen LogP contribution in [0.2, 0.25) is 0 Å². The SMILES string of the molecule is CCN1CCCC1CNC(=NC)NCc1c(C)nn(C)c1C.I. The summed E-state index contributed by atoms with van der Waals surface area (Å²) in [6.45, 7) is 10.5. The average molecular weight is 434 g/mol. The van der Waals surface area contributed by atoms with E-state index in [4.69, 9.17) is 0 Å². The van der Waals surface area contributed by atoms with E-state index in [1.807, 2.05) is 18.8 Å². The van der Waals surface area contributed by atoms with Gasteiger partial charge < -0.3 is 10.6 Å². The van der Waals surface area contributed by atoms with Crippen molar-refractivity contribution >= 4 is 29.9 Å². The number of halogens is 1. The topological polar surface area (TPSA) is 57.5 Å². The van der Waals surface area contributed by atoms with Gasteiger partial charge in [-0.2, -0.15) is 5.10 Å². The third kappa shape index (κ3) is 5.07. The molecule has 2 heterocycles. The number of rotatable bonds is 5. The van der Waals surface area contributed by atoms with E-state index in [9.17, 15) is 0 Å². The molecule has 1 aromatic heterocycles. The van der Waals surface area contributed by atoms with Crippen LogP contribution < -0.4 is 10.6 Å². The summed E-state index contributed by atoms with van der Waals surface area (Å²) in [4.78, 5) is 6.87. The number of guanidine groups is 1. The summed E-state index contributed by atoms with van der Waals surface area (Å²) in [5, 5.41) is 11.3. The molecule has 23 heavy (non-hydrogen) atoms. The number of likely N-dealkylation sites (tertiary alicyclic amines) is 1. The molecule has 1 aromatic rings. The zero-order chi connectivity index (χ0) is 16.1. The highest BCUT2D eigenvalue weighted by Gasteiger charge is 2.22. The van der Waals surface area contributed by atoms with Crippen molar-refractivity contribution in [3.63, 3.8) is 0 Å². The fraction of sp³-hybridized carbons (Fsp3) is 0.750. The van der Waals surface area contributed by atoms with Crippen molar-refractivity contribution in [2.45, 2.75) is 46.2 Å². The largest absolute Gasteiger partial charge is 0.355 e. The first kappa shape index (κ1) is 20.2. The lowest BCUT2D eigenvalue weighted by Crippen LogP contribution is -2.44. The van der Waals surface area contributed by atoms with E-state index >= 15 is 0 Å². The number of aromatic nitrogens is 2. The minimum atomic E-state index is 0. The lowest BCUT2D eigenvalue weighted by Gasteiger charge is -2.24. The van der Waals surface area contributed by atoms with Crippen LogP contribution in [-0.2, 0) is 13.6 Å². The van der Waals surface area contributed by atoms with Crippen molar-refractivity contribution < 1.29 is 0 Å². The number of likely N-dealkylation sites (N-methyl/N-ethyl adjacent to an activating group) is 1. The summed E-state index contributed by atoms with van der Waals surface area (Å²) < 4.78 is 1.93. The molecule has 0 aliphatic carbocycles. The summed E-state index contributed by atoms with van der Waals surface area (Å²) in [5.74, 6) is 0.866. The van der Waals surface area contributed by atoms with Gasteiger partial charge in [-0.15, -0.1) is 24.0 Å². The highest BCUT2D eigenvalue weighted by molar-refractivity contribution is 14.0. The van der Waals surface area contributed by atoms with Gasteiger partial charge in [-0.1, -0.05) is 6.92 Å². The Morgan fingerprint density at radius 1 is 1.35 bits per heavy atom. The first-order valence-electron chi connectivity index (χ1n) is 8.24. The molecule has 1 unspecified atom stereocenters. The van der Waals surface area contributed by atoms with Crippen LogP contribution in [0, 0.1) is 13.8 Å². The van der Waals surface area contributed by atoms with Crippen LogP contribution in [0.5, 0.6) is 0 Å². The van der Waals surface area contributed by atoms with Crippen LogP contribution in [-0.4, -0.2) is 53.4 Å². The molecular formula is C16H31IN6. The van der Waals surface area contributed by atoms with Gasteiger partial charge in [-0.05, 0) is 39.8 Å². The van der Waals surface area contributed by atoms with Crippen LogP contribution >= 0.6 is 24.0 Å². The van der Waals surface area contributed by atoms with Crippen molar-refractivity contribution in [2.24, 2.45) is 12.0 Å². The quantitative estimate of drug-likeness (QED) is 0.422. The molecule has 0 radical (unpaired) electrons. The minimum Gasteiger partial charge on any atom is -0.355 e. The van der Waals surface area contributed by atoms with Crippen LogP contribution in [0.15, 0.2) is 4.99 Å². The Morgan fingerprint density at radius 3 is 2.65 bits per heavy atom. The van der Waals surface area contributed by atoms with Crippen molar-refractivity contribution in [1.29, 1.82) is 0 Å². The smallest absolute Gasteiger partial charge is 0.191 e. The lowest BCUT2D eigenvalue weighted by atomic mass is 10.2. The van der Waals surface area contributed by atoms with Gasteiger partial charge >= 0.3 is 0 Å². The van der Waals surface area contributed by atoms with Crippen molar-refractivity contribution in [2.75, 3.05) is 26.7 Å². The number of hydrogen-bond acceptors (Lipinski definition) is 3. The predicted molar refractivity (Wildman–Crippen MR) is 107 cm³/mol. The summed E-state index contributed by atoms with van der Waals surface area (Å²) in [5.41, 5.74) is 3.53. The molecule has 1 saturated heterocycles. The maximum atomic E-state index is 4.45. The van der Waals surface area contributed by atoms with Crippen LogP contribution in [0.4, 0.5) is 0 Å². The van der Waals surface area contributed by atoms with E-state index in [2.05, 4.69) is 46.4 Å². The van der Waals surface area contributed by atoms with Crippen molar-refractivity contribution in [3.05, 3.63) is 17.0 Å². The van der Waals surface area contributed by atoms with Crippen LogP contribution in [0.1, 0.15) is 36.7 Å². The van der Waals surface area contributed by atoms with E-state index in [1.165, 1.54) is 30.6 Å². The number of aryl methyl sites for hydroxylation is 2. The van der Waals surface area contributed by atoms with E-state index in [-0.39, 0.29) is 24.0 Å². The van der Waals surface area contributed by atoms with Gasteiger partial charge in [0.1, 0.15) is 0 Å². The Kier molecular flexibility index (Phi) is 8.32. The number of nitrogens with zero attached hydrogens (tertiary/aromatic N) is 4. The van der Waals surface area contributed by atoms with Crippen molar-refractivity contribution in [3.8, 4) is 0 Å². The molecule has 1 atom stereocenters. The molecule has 1 fully saturated rings. The normalized spacial score (nSPS) is 18.8. The van der Waals surface area contributed by atoms with Gasteiger partial charge in [-0.3, -0.25) is 14.6 Å². The van der Waals surface area contributed by atoms with Gasteiger partial charge in [0.2, 0.25) is 0 Å². The highest BCUT2D eigenvalue weighted by Crippen LogP contribution is 2.15. The molecule has 7 heteroatoms. The van der Waals surface area contributed by atoms with Gasteiger partial charge in [0.15, 0.2) is 5.96 Å². The summed E-state index contributed by atoms with van der Waals surface area (Å²) in [7, 11) is 3.81.